The summed E-state index contributed by atoms with van der Waals surface area (Å²) in [5, 5.41) is 9.64. The number of carbonyl (C=O) groups is 1. The molecule has 0 saturated carbocycles. The van der Waals surface area contributed by atoms with E-state index in [1.54, 1.807) is 37.3 Å². The Bertz CT molecular complexity index is 1080. The van der Waals surface area contributed by atoms with E-state index in [0.717, 1.165) is 12.0 Å². The molecule has 30 heavy (non-hydrogen) atoms. The fraction of sp³-hybridized carbons (Fsp3) is 0.174. The number of carboxylic acid groups (broad SMARTS) is 1. The number of aromatic nitrogens is 2. The molecule has 3 aromatic rings. The second kappa shape index (κ2) is 9.56. The molecule has 7 heteroatoms. The molecular weight excluding hydrogens is 384 g/mol. The predicted molar refractivity (Wildman–Crippen MR) is 112 cm³/mol. The third-order valence-electron chi connectivity index (χ3n) is 4.43. The van der Waals surface area contributed by atoms with E-state index in [9.17, 15) is 9.90 Å². The van der Waals surface area contributed by atoms with Crippen LogP contribution in [-0.4, -0.2) is 28.2 Å². The van der Waals surface area contributed by atoms with E-state index in [0.29, 0.717) is 22.9 Å². The van der Waals surface area contributed by atoms with Gasteiger partial charge in [-0.05, 0) is 31.0 Å². The largest absolute Gasteiger partial charge is 0.500 e. The molecule has 0 unspecified atom stereocenters. The third-order valence-corrected chi connectivity index (χ3v) is 4.43. The second-order valence-electron chi connectivity index (χ2n) is 6.30. The first-order valence-corrected chi connectivity index (χ1v) is 9.36. The van der Waals surface area contributed by atoms with Gasteiger partial charge in [0.1, 0.15) is 29.2 Å². The maximum atomic E-state index is 11.8. The van der Waals surface area contributed by atoms with Gasteiger partial charge in [0.25, 0.3) is 0 Å². The first kappa shape index (κ1) is 20.9. The van der Waals surface area contributed by atoms with Crippen molar-refractivity contribution in [1.29, 1.82) is 0 Å². The molecule has 1 N–H and O–H groups in total. The van der Waals surface area contributed by atoms with Crippen LogP contribution in [0.25, 0.3) is 5.57 Å². The Labute approximate surface area is 174 Å². The number of para-hydroxylation sites is 2. The lowest BCUT2D eigenvalue weighted by atomic mass is 10.0. The summed E-state index contributed by atoms with van der Waals surface area (Å²) >= 11 is 0. The molecule has 0 radical (unpaired) electrons. The number of hydrogen-bond donors (Lipinski definition) is 1. The molecule has 2 aromatic carbocycles. The zero-order chi connectivity index (χ0) is 21.5. The minimum Gasteiger partial charge on any atom is -0.500 e. The van der Waals surface area contributed by atoms with Crippen LogP contribution in [0.3, 0.4) is 0 Å². The SMILES string of the molecule is CCc1ccccc1Oc1cc(Oc2ccccc2C(C(=O)O)=C(C)OC)ncn1. The van der Waals surface area contributed by atoms with Crippen LogP contribution in [0.15, 0.2) is 66.7 Å². The Morgan fingerprint density at radius 1 is 0.967 bits per heavy atom. The van der Waals surface area contributed by atoms with Crippen LogP contribution in [0.5, 0.6) is 23.3 Å². The second-order valence-corrected chi connectivity index (χ2v) is 6.30. The van der Waals surface area contributed by atoms with E-state index >= 15 is 0 Å². The molecule has 0 saturated heterocycles. The van der Waals surface area contributed by atoms with E-state index in [1.165, 1.54) is 13.4 Å². The zero-order valence-corrected chi connectivity index (χ0v) is 17.0. The van der Waals surface area contributed by atoms with E-state index in [-0.39, 0.29) is 17.2 Å². The number of methoxy groups -OCH3 is 1. The average molecular weight is 406 g/mol. The quantitative estimate of drug-likeness (QED) is 0.412. The van der Waals surface area contributed by atoms with E-state index in [1.807, 2.05) is 31.2 Å². The number of nitrogens with zero attached hydrogens (tertiary/aromatic N) is 2. The lowest BCUT2D eigenvalue weighted by Crippen LogP contribution is -2.05. The Morgan fingerprint density at radius 2 is 1.57 bits per heavy atom. The van der Waals surface area contributed by atoms with E-state index < -0.39 is 5.97 Å². The van der Waals surface area contributed by atoms with Gasteiger partial charge >= 0.3 is 5.97 Å². The number of carboxylic acids is 1. The summed E-state index contributed by atoms with van der Waals surface area (Å²) in [5.74, 6) is 0.721. The number of ether oxygens (including phenoxy) is 3. The Hall–Kier alpha value is -3.87. The standard InChI is InChI=1S/C23H22N2O5/c1-4-16-9-5-7-11-18(16)29-20-13-21(25-14-24-20)30-19-12-8-6-10-17(19)22(23(26)27)15(2)28-3/h5-14H,4H2,1-3H3,(H,26,27). The Kier molecular flexibility index (Phi) is 6.64. The van der Waals surface area contributed by atoms with Crippen LogP contribution >= 0.6 is 0 Å². The molecule has 3 rings (SSSR count). The summed E-state index contributed by atoms with van der Waals surface area (Å²) < 4.78 is 16.9. The van der Waals surface area contributed by atoms with Crippen LogP contribution in [0.4, 0.5) is 0 Å². The molecule has 0 aliphatic heterocycles. The normalized spacial score (nSPS) is 11.4. The topological polar surface area (TPSA) is 90.8 Å². The van der Waals surface area contributed by atoms with Crippen LogP contribution in [0.1, 0.15) is 25.0 Å². The van der Waals surface area contributed by atoms with Gasteiger partial charge in [-0.25, -0.2) is 14.8 Å². The van der Waals surface area contributed by atoms with Crippen molar-refractivity contribution in [2.45, 2.75) is 20.3 Å². The van der Waals surface area contributed by atoms with Crippen molar-refractivity contribution in [3.63, 3.8) is 0 Å². The van der Waals surface area contributed by atoms with Gasteiger partial charge in [-0.1, -0.05) is 43.3 Å². The van der Waals surface area contributed by atoms with Gasteiger partial charge in [0.2, 0.25) is 11.8 Å². The van der Waals surface area contributed by atoms with Crippen LogP contribution in [0.2, 0.25) is 0 Å². The fourth-order valence-electron chi connectivity index (χ4n) is 2.87. The minimum absolute atomic E-state index is 0.00972. The van der Waals surface area contributed by atoms with Crippen LogP contribution in [0, 0.1) is 0 Å². The molecule has 0 fully saturated rings. The van der Waals surface area contributed by atoms with Crippen LogP contribution in [-0.2, 0) is 16.0 Å². The van der Waals surface area contributed by atoms with Gasteiger partial charge in [-0.15, -0.1) is 0 Å². The highest BCUT2D eigenvalue weighted by molar-refractivity contribution is 6.16. The number of hydrogen-bond acceptors (Lipinski definition) is 6. The van der Waals surface area contributed by atoms with E-state index in [4.69, 9.17) is 14.2 Å². The first-order chi connectivity index (χ1) is 14.5. The summed E-state index contributed by atoms with van der Waals surface area (Å²) in [6, 6.07) is 16.0. The summed E-state index contributed by atoms with van der Waals surface area (Å²) in [4.78, 5) is 20.0. The molecule has 1 aromatic heterocycles. The molecule has 0 atom stereocenters. The molecule has 7 nitrogen and oxygen atoms in total. The van der Waals surface area contributed by atoms with Gasteiger partial charge in [0, 0.05) is 5.56 Å². The molecule has 0 aliphatic carbocycles. The highest BCUT2D eigenvalue weighted by Crippen LogP contribution is 2.33. The van der Waals surface area contributed by atoms with E-state index in [2.05, 4.69) is 9.97 Å². The van der Waals surface area contributed by atoms with Crippen molar-refractivity contribution < 1.29 is 24.1 Å². The molecule has 0 amide bonds. The van der Waals surface area contributed by atoms with Crippen molar-refractivity contribution in [3.05, 3.63) is 77.8 Å². The molecule has 0 spiro atoms. The summed E-state index contributed by atoms with van der Waals surface area (Å²) in [5.41, 5.74) is 1.44. The fourth-order valence-corrected chi connectivity index (χ4v) is 2.87. The molecule has 154 valence electrons. The summed E-state index contributed by atoms with van der Waals surface area (Å²) in [6.45, 7) is 3.63. The van der Waals surface area contributed by atoms with Gasteiger partial charge in [0.05, 0.1) is 13.2 Å². The maximum absolute atomic E-state index is 11.8. The van der Waals surface area contributed by atoms with Crippen molar-refractivity contribution >= 4 is 11.5 Å². The van der Waals surface area contributed by atoms with Crippen molar-refractivity contribution in [2.24, 2.45) is 0 Å². The Morgan fingerprint density at radius 3 is 2.20 bits per heavy atom. The predicted octanol–water partition coefficient (Wildman–Crippen LogP) is 5.09. The third kappa shape index (κ3) is 4.75. The average Bonchev–Trinajstić information content (AvgIpc) is 2.75. The summed E-state index contributed by atoms with van der Waals surface area (Å²) in [6.07, 6.45) is 2.15. The smallest absolute Gasteiger partial charge is 0.339 e. The minimum atomic E-state index is -1.12. The van der Waals surface area contributed by atoms with Gasteiger partial charge < -0.3 is 19.3 Å². The monoisotopic (exact) mass is 406 g/mol. The number of allylic oxidation sites excluding steroid dienone is 1. The van der Waals surface area contributed by atoms with Gasteiger partial charge in [-0.3, -0.25) is 0 Å². The Balaban J connectivity index is 1.92. The first-order valence-electron chi connectivity index (χ1n) is 9.36. The van der Waals surface area contributed by atoms with Crippen molar-refractivity contribution in [2.75, 3.05) is 7.11 Å². The molecule has 1 heterocycles. The molecule has 0 bridgehead atoms. The lowest BCUT2D eigenvalue weighted by molar-refractivity contribution is -0.130. The number of benzene rings is 2. The van der Waals surface area contributed by atoms with Gasteiger partial charge in [0.15, 0.2) is 0 Å². The van der Waals surface area contributed by atoms with Crippen LogP contribution < -0.4 is 9.47 Å². The highest BCUT2D eigenvalue weighted by Gasteiger charge is 2.20. The van der Waals surface area contributed by atoms with Gasteiger partial charge in [-0.2, -0.15) is 0 Å². The number of aryl methyl sites for hydroxylation is 1. The zero-order valence-electron chi connectivity index (χ0n) is 17.0. The highest BCUT2D eigenvalue weighted by atomic mass is 16.5. The van der Waals surface area contributed by atoms with Crippen molar-refractivity contribution in [1.82, 2.24) is 9.97 Å². The maximum Gasteiger partial charge on any atom is 0.339 e. The van der Waals surface area contributed by atoms with Crippen molar-refractivity contribution in [3.8, 4) is 23.3 Å². The molecular formula is C23H22N2O5. The number of aliphatic carboxylic acids is 1. The number of rotatable bonds is 8. The summed E-state index contributed by atoms with van der Waals surface area (Å²) in [7, 11) is 1.42. The lowest BCUT2D eigenvalue weighted by Gasteiger charge is -2.13. The molecule has 0 aliphatic rings.